The first kappa shape index (κ1) is 14.2. The minimum Gasteiger partial charge on any atom is -0.454 e. The highest BCUT2D eigenvalue weighted by Gasteiger charge is 2.24. The Morgan fingerprint density at radius 3 is 2.81 bits per heavy atom. The molecule has 114 valence electrons. The normalized spacial score (nSPS) is 18.0. The second kappa shape index (κ2) is 6.35. The van der Waals surface area contributed by atoms with Gasteiger partial charge in [-0.05, 0) is 50.0 Å². The molecule has 1 aromatic carbocycles. The van der Waals surface area contributed by atoms with Crippen LogP contribution in [0, 0.1) is 5.92 Å². The fraction of sp³-hybridized carbons (Fsp3) is 0.562. The Bertz CT molecular complexity index is 510. The quantitative estimate of drug-likeness (QED) is 0.920. The summed E-state index contributed by atoms with van der Waals surface area (Å²) in [7, 11) is 0. The van der Waals surface area contributed by atoms with Crippen LogP contribution in [-0.2, 0) is 0 Å². The van der Waals surface area contributed by atoms with E-state index in [-0.39, 0.29) is 12.7 Å². The molecule has 1 fully saturated rings. The topological polar surface area (TPSA) is 50.8 Å². The number of carbonyl (C=O) groups excluding carboxylic acids is 1. The maximum absolute atomic E-state index is 12.5. The van der Waals surface area contributed by atoms with Gasteiger partial charge in [0.15, 0.2) is 11.5 Å². The molecule has 0 unspecified atom stereocenters. The monoisotopic (exact) mass is 290 g/mol. The summed E-state index contributed by atoms with van der Waals surface area (Å²) in [5.74, 6) is 2.17. The summed E-state index contributed by atoms with van der Waals surface area (Å²) >= 11 is 0. The lowest BCUT2D eigenvalue weighted by Gasteiger charge is -2.32. The fourth-order valence-electron chi connectivity index (χ4n) is 2.90. The van der Waals surface area contributed by atoms with Gasteiger partial charge >= 0.3 is 0 Å². The van der Waals surface area contributed by atoms with Gasteiger partial charge in [0.2, 0.25) is 6.79 Å². The van der Waals surface area contributed by atoms with Gasteiger partial charge in [0.25, 0.3) is 5.91 Å². The number of fused-ring (bicyclic) bond motifs is 1. The van der Waals surface area contributed by atoms with Gasteiger partial charge in [-0.15, -0.1) is 0 Å². The van der Waals surface area contributed by atoms with Gasteiger partial charge in [-0.25, -0.2) is 0 Å². The van der Waals surface area contributed by atoms with Crippen LogP contribution in [0.25, 0.3) is 0 Å². The van der Waals surface area contributed by atoms with E-state index in [4.69, 9.17) is 9.47 Å². The Balaban J connectivity index is 1.59. The van der Waals surface area contributed by atoms with Crippen molar-refractivity contribution in [2.75, 3.05) is 33.0 Å². The van der Waals surface area contributed by atoms with Crippen LogP contribution in [0.5, 0.6) is 11.5 Å². The van der Waals surface area contributed by atoms with Crippen LogP contribution < -0.4 is 14.8 Å². The van der Waals surface area contributed by atoms with Crippen LogP contribution in [0.2, 0.25) is 0 Å². The molecule has 1 N–H and O–H groups in total. The number of amides is 1. The molecule has 0 aliphatic carbocycles. The highest BCUT2D eigenvalue weighted by molar-refractivity contribution is 5.95. The molecular formula is C16H22N2O3. The first-order chi connectivity index (χ1) is 10.3. The van der Waals surface area contributed by atoms with Gasteiger partial charge in [-0.2, -0.15) is 0 Å². The van der Waals surface area contributed by atoms with Gasteiger partial charge in [-0.1, -0.05) is 6.92 Å². The van der Waals surface area contributed by atoms with Crippen LogP contribution in [0.4, 0.5) is 0 Å². The summed E-state index contributed by atoms with van der Waals surface area (Å²) in [6, 6.07) is 5.42. The summed E-state index contributed by atoms with van der Waals surface area (Å²) in [5, 5.41) is 3.39. The highest BCUT2D eigenvalue weighted by Crippen LogP contribution is 2.33. The van der Waals surface area contributed by atoms with Gasteiger partial charge in [0, 0.05) is 18.7 Å². The molecule has 5 heteroatoms. The van der Waals surface area contributed by atoms with Crippen LogP contribution in [0.1, 0.15) is 30.1 Å². The highest BCUT2D eigenvalue weighted by atomic mass is 16.7. The molecule has 1 saturated heterocycles. The van der Waals surface area contributed by atoms with Crippen molar-refractivity contribution in [1.29, 1.82) is 0 Å². The number of likely N-dealkylation sites (tertiary alicyclic amines) is 1. The molecule has 0 bridgehead atoms. The van der Waals surface area contributed by atoms with E-state index < -0.39 is 0 Å². The summed E-state index contributed by atoms with van der Waals surface area (Å²) in [5.41, 5.74) is 0.685. The number of piperidine rings is 1. The average molecular weight is 290 g/mol. The Labute approximate surface area is 125 Å². The summed E-state index contributed by atoms with van der Waals surface area (Å²) in [6.07, 6.45) is 2.15. The summed E-state index contributed by atoms with van der Waals surface area (Å²) in [4.78, 5) is 14.5. The van der Waals surface area contributed by atoms with Crippen LogP contribution in [-0.4, -0.2) is 43.8 Å². The lowest BCUT2D eigenvalue weighted by Crippen LogP contribution is -2.40. The van der Waals surface area contributed by atoms with Crippen molar-refractivity contribution in [1.82, 2.24) is 10.2 Å². The molecule has 3 rings (SSSR count). The van der Waals surface area contributed by atoms with E-state index in [0.29, 0.717) is 17.2 Å². The number of nitrogens with one attached hydrogen (secondary N) is 1. The Morgan fingerprint density at radius 2 is 2.05 bits per heavy atom. The van der Waals surface area contributed by atoms with E-state index in [1.807, 2.05) is 17.0 Å². The molecule has 21 heavy (non-hydrogen) atoms. The first-order valence-corrected chi connectivity index (χ1v) is 7.67. The van der Waals surface area contributed by atoms with Gasteiger partial charge < -0.3 is 19.7 Å². The Morgan fingerprint density at radius 1 is 1.29 bits per heavy atom. The zero-order valence-corrected chi connectivity index (χ0v) is 12.4. The predicted molar refractivity (Wildman–Crippen MR) is 79.7 cm³/mol. The summed E-state index contributed by atoms with van der Waals surface area (Å²) < 4.78 is 10.6. The first-order valence-electron chi connectivity index (χ1n) is 7.67. The van der Waals surface area contributed by atoms with Crippen molar-refractivity contribution in [3.63, 3.8) is 0 Å². The molecule has 2 aliphatic rings. The molecule has 1 aromatic rings. The minimum atomic E-state index is 0.0928. The van der Waals surface area contributed by atoms with Crippen molar-refractivity contribution in [3.8, 4) is 11.5 Å². The minimum absolute atomic E-state index is 0.0928. The smallest absolute Gasteiger partial charge is 0.253 e. The Kier molecular flexibility index (Phi) is 4.29. The number of benzene rings is 1. The lowest BCUT2D eigenvalue weighted by atomic mass is 9.96. The molecular weight excluding hydrogens is 268 g/mol. The van der Waals surface area contributed by atoms with E-state index in [0.717, 1.165) is 44.8 Å². The average Bonchev–Trinajstić information content (AvgIpc) is 3.00. The van der Waals surface area contributed by atoms with E-state index in [1.165, 1.54) is 0 Å². The maximum atomic E-state index is 12.5. The molecule has 0 atom stereocenters. The van der Waals surface area contributed by atoms with Gasteiger partial charge in [0.1, 0.15) is 0 Å². The number of carbonyl (C=O) groups is 1. The molecule has 0 radical (unpaired) electrons. The number of rotatable bonds is 4. The number of hydrogen-bond acceptors (Lipinski definition) is 4. The molecule has 2 heterocycles. The summed E-state index contributed by atoms with van der Waals surface area (Å²) in [6.45, 7) is 6.10. The van der Waals surface area contributed by atoms with Crippen LogP contribution in [0.3, 0.4) is 0 Å². The van der Waals surface area contributed by atoms with Gasteiger partial charge in [-0.3, -0.25) is 4.79 Å². The van der Waals surface area contributed by atoms with Crippen LogP contribution >= 0.6 is 0 Å². The van der Waals surface area contributed by atoms with Crippen molar-refractivity contribution in [3.05, 3.63) is 23.8 Å². The van der Waals surface area contributed by atoms with Crippen molar-refractivity contribution < 1.29 is 14.3 Å². The zero-order chi connectivity index (χ0) is 14.7. The third kappa shape index (κ3) is 3.13. The standard InChI is InChI=1S/C16H22N2O3/c1-2-17-10-12-5-7-18(8-6-12)16(19)13-3-4-14-15(9-13)21-11-20-14/h3-4,9,12,17H,2,5-8,10-11H2,1H3. The number of nitrogens with zero attached hydrogens (tertiary/aromatic N) is 1. The van der Waals surface area contributed by atoms with E-state index in [9.17, 15) is 4.79 Å². The second-order valence-electron chi connectivity index (χ2n) is 5.61. The maximum Gasteiger partial charge on any atom is 0.253 e. The number of hydrogen-bond donors (Lipinski definition) is 1. The molecule has 0 spiro atoms. The third-order valence-corrected chi connectivity index (χ3v) is 4.20. The molecule has 0 aromatic heterocycles. The van der Waals surface area contributed by atoms with Crippen molar-refractivity contribution in [2.45, 2.75) is 19.8 Å². The van der Waals surface area contributed by atoms with E-state index in [1.54, 1.807) is 6.07 Å². The van der Waals surface area contributed by atoms with Crippen molar-refractivity contribution >= 4 is 5.91 Å². The molecule has 1 amide bonds. The van der Waals surface area contributed by atoms with Crippen LogP contribution in [0.15, 0.2) is 18.2 Å². The molecule has 0 saturated carbocycles. The van der Waals surface area contributed by atoms with E-state index >= 15 is 0 Å². The largest absolute Gasteiger partial charge is 0.454 e. The molecule has 2 aliphatic heterocycles. The zero-order valence-electron chi connectivity index (χ0n) is 12.4. The third-order valence-electron chi connectivity index (χ3n) is 4.20. The van der Waals surface area contributed by atoms with Crippen molar-refractivity contribution in [2.24, 2.45) is 5.92 Å². The molecule has 5 nitrogen and oxygen atoms in total. The number of ether oxygens (including phenoxy) is 2. The van der Waals surface area contributed by atoms with Gasteiger partial charge in [0.05, 0.1) is 0 Å². The SMILES string of the molecule is CCNCC1CCN(C(=O)c2ccc3c(c2)OCO3)CC1. The van der Waals surface area contributed by atoms with E-state index in [2.05, 4.69) is 12.2 Å². The Hall–Kier alpha value is -1.75. The lowest BCUT2D eigenvalue weighted by molar-refractivity contribution is 0.0690. The predicted octanol–water partition coefficient (Wildman–Crippen LogP) is 1.88. The fourth-order valence-corrected chi connectivity index (χ4v) is 2.90. The second-order valence-corrected chi connectivity index (χ2v) is 5.61.